The Kier molecular flexibility index (Phi) is 4.61. The van der Waals surface area contributed by atoms with Gasteiger partial charge in [0.25, 0.3) is 0 Å². The molecule has 0 aromatic heterocycles. The molecule has 124 valence electrons. The maximum Gasteiger partial charge on any atom is 0.238 e. The van der Waals surface area contributed by atoms with E-state index in [0.717, 1.165) is 10.6 Å². The maximum absolute atomic E-state index is 12.1. The van der Waals surface area contributed by atoms with Gasteiger partial charge in [0, 0.05) is 17.9 Å². The van der Waals surface area contributed by atoms with Gasteiger partial charge in [-0.3, -0.25) is 9.59 Å². The van der Waals surface area contributed by atoms with E-state index in [0.29, 0.717) is 13.2 Å². The normalized spacial score (nSPS) is 25.6. The number of thioether (sulfide) groups is 1. The second-order valence-corrected chi connectivity index (χ2v) is 7.30. The minimum Gasteiger partial charge on any atom is -0.353 e. The molecular weight excluding hydrogens is 316 g/mol. The van der Waals surface area contributed by atoms with Crippen molar-refractivity contribution in [1.29, 1.82) is 0 Å². The summed E-state index contributed by atoms with van der Waals surface area (Å²) < 4.78 is 11.1. The lowest BCUT2D eigenvalue weighted by Gasteiger charge is -2.23. The zero-order valence-corrected chi connectivity index (χ0v) is 13.9. The number of ether oxygens (including phenoxy) is 2. The first kappa shape index (κ1) is 16.3. The number of hydrogen-bond acceptors (Lipinski definition) is 5. The molecule has 2 atom stereocenters. The fraction of sp³-hybridized carbons (Fsp3) is 0.500. The van der Waals surface area contributed by atoms with E-state index in [1.807, 2.05) is 38.1 Å². The average Bonchev–Trinajstić information content (AvgIpc) is 2.85. The fourth-order valence-corrected chi connectivity index (χ4v) is 3.67. The molecule has 1 aromatic carbocycles. The van der Waals surface area contributed by atoms with Gasteiger partial charge < -0.3 is 20.1 Å². The van der Waals surface area contributed by atoms with Crippen molar-refractivity contribution in [3.63, 3.8) is 0 Å². The van der Waals surface area contributed by atoms with E-state index in [1.165, 1.54) is 11.8 Å². The summed E-state index contributed by atoms with van der Waals surface area (Å²) in [5.41, 5.74) is 0.804. The van der Waals surface area contributed by atoms with Gasteiger partial charge in [-0.05, 0) is 26.0 Å². The van der Waals surface area contributed by atoms with Crippen molar-refractivity contribution in [2.24, 2.45) is 0 Å². The molecule has 3 rings (SSSR count). The van der Waals surface area contributed by atoms with Crippen molar-refractivity contribution in [3.05, 3.63) is 24.3 Å². The lowest BCUT2D eigenvalue weighted by atomic mass is 10.2. The molecule has 2 amide bonds. The van der Waals surface area contributed by atoms with E-state index in [2.05, 4.69) is 10.6 Å². The molecule has 23 heavy (non-hydrogen) atoms. The Balaban J connectivity index is 1.50. The molecule has 0 aliphatic carbocycles. The fourth-order valence-electron chi connectivity index (χ4n) is 2.56. The number of carbonyl (C=O) groups excluding carboxylic acids is 2. The summed E-state index contributed by atoms with van der Waals surface area (Å²) in [7, 11) is 0. The first-order valence-electron chi connectivity index (χ1n) is 7.58. The molecule has 0 bridgehead atoms. The minimum absolute atomic E-state index is 0.134. The molecule has 2 N–H and O–H groups in total. The number of hydrogen-bond donors (Lipinski definition) is 2. The monoisotopic (exact) mass is 336 g/mol. The molecule has 0 unspecified atom stereocenters. The largest absolute Gasteiger partial charge is 0.353 e. The summed E-state index contributed by atoms with van der Waals surface area (Å²) in [5.74, 6) is -0.895. The lowest BCUT2D eigenvalue weighted by molar-refractivity contribution is -0.139. The third-order valence-corrected chi connectivity index (χ3v) is 4.95. The number of carbonyl (C=O) groups is 2. The summed E-state index contributed by atoms with van der Waals surface area (Å²) in [6.45, 7) is 4.53. The van der Waals surface area contributed by atoms with Crippen LogP contribution in [0.1, 0.15) is 20.3 Å². The van der Waals surface area contributed by atoms with E-state index in [9.17, 15) is 9.59 Å². The maximum atomic E-state index is 12.1. The van der Waals surface area contributed by atoms with Gasteiger partial charge in [-0.25, -0.2) is 0 Å². The highest BCUT2D eigenvalue weighted by Gasteiger charge is 2.33. The summed E-state index contributed by atoms with van der Waals surface area (Å²) in [4.78, 5) is 25.2. The lowest BCUT2D eigenvalue weighted by Crippen LogP contribution is -2.38. The Morgan fingerprint density at radius 3 is 2.96 bits per heavy atom. The van der Waals surface area contributed by atoms with E-state index in [4.69, 9.17) is 9.47 Å². The van der Waals surface area contributed by atoms with Crippen LogP contribution in [0.5, 0.6) is 0 Å². The Morgan fingerprint density at radius 1 is 1.43 bits per heavy atom. The molecule has 2 aliphatic heterocycles. The smallest absolute Gasteiger partial charge is 0.238 e. The van der Waals surface area contributed by atoms with Gasteiger partial charge in [0.05, 0.1) is 17.5 Å². The van der Waals surface area contributed by atoms with Crippen LogP contribution in [0.3, 0.4) is 0 Å². The van der Waals surface area contributed by atoms with Crippen LogP contribution in [0.4, 0.5) is 5.69 Å². The number of benzene rings is 1. The SMILES string of the molecule is CC1(C)OC[C@@H](CNC(=O)C[C@@H]2Sc3ccccc3NC2=O)O1. The van der Waals surface area contributed by atoms with Crippen LogP contribution in [0.2, 0.25) is 0 Å². The Bertz CT molecular complexity index is 620. The van der Waals surface area contributed by atoms with Gasteiger partial charge in [0.2, 0.25) is 11.8 Å². The molecule has 0 spiro atoms. The van der Waals surface area contributed by atoms with Crippen LogP contribution in [-0.2, 0) is 19.1 Å². The highest BCUT2D eigenvalue weighted by molar-refractivity contribution is 8.01. The van der Waals surface area contributed by atoms with E-state index in [1.54, 1.807) is 0 Å². The molecule has 0 radical (unpaired) electrons. The van der Waals surface area contributed by atoms with Crippen molar-refractivity contribution >= 4 is 29.3 Å². The van der Waals surface area contributed by atoms with Crippen molar-refractivity contribution in [1.82, 2.24) is 5.32 Å². The molecule has 1 fully saturated rings. The first-order valence-corrected chi connectivity index (χ1v) is 8.46. The van der Waals surface area contributed by atoms with Crippen LogP contribution in [-0.4, -0.2) is 42.1 Å². The predicted octanol–water partition coefficient (Wildman–Crippen LogP) is 1.76. The van der Waals surface area contributed by atoms with Crippen LogP contribution >= 0.6 is 11.8 Å². The van der Waals surface area contributed by atoms with Gasteiger partial charge in [-0.2, -0.15) is 0 Å². The molecular formula is C16H20N2O4S. The van der Waals surface area contributed by atoms with Crippen molar-refractivity contribution < 1.29 is 19.1 Å². The van der Waals surface area contributed by atoms with Crippen molar-refractivity contribution in [2.75, 3.05) is 18.5 Å². The number of amides is 2. The zero-order valence-electron chi connectivity index (χ0n) is 13.1. The zero-order chi connectivity index (χ0) is 16.4. The number of para-hydroxylation sites is 1. The summed E-state index contributed by atoms with van der Waals surface area (Å²) in [6, 6.07) is 7.59. The number of nitrogens with one attached hydrogen (secondary N) is 2. The molecule has 2 heterocycles. The minimum atomic E-state index is -0.599. The second kappa shape index (κ2) is 6.51. The van der Waals surface area contributed by atoms with Gasteiger partial charge >= 0.3 is 0 Å². The molecule has 6 nitrogen and oxygen atoms in total. The number of fused-ring (bicyclic) bond motifs is 1. The Labute approximate surface area is 139 Å². The molecule has 1 aromatic rings. The number of rotatable bonds is 4. The molecule has 1 saturated heterocycles. The molecule has 0 saturated carbocycles. The van der Waals surface area contributed by atoms with E-state index in [-0.39, 0.29) is 24.3 Å². The Morgan fingerprint density at radius 2 is 2.22 bits per heavy atom. The van der Waals surface area contributed by atoms with Gasteiger partial charge in [0.1, 0.15) is 6.10 Å². The van der Waals surface area contributed by atoms with Crippen LogP contribution in [0, 0.1) is 0 Å². The van der Waals surface area contributed by atoms with Gasteiger partial charge in [-0.15, -0.1) is 11.8 Å². The third-order valence-electron chi connectivity index (χ3n) is 3.67. The molecule has 2 aliphatic rings. The summed E-state index contributed by atoms with van der Waals surface area (Å²) >= 11 is 1.42. The highest BCUT2D eigenvalue weighted by Crippen LogP contribution is 2.36. The Hall–Kier alpha value is -1.57. The van der Waals surface area contributed by atoms with Crippen LogP contribution in [0.15, 0.2) is 29.2 Å². The third kappa shape index (κ3) is 4.04. The van der Waals surface area contributed by atoms with Gasteiger partial charge in [-0.1, -0.05) is 12.1 Å². The van der Waals surface area contributed by atoms with Crippen LogP contribution < -0.4 is 10.6 Å². The van der Waals surface area contributed by atoms with Crippen LogP contribution in [0.25, 0.3) is 0 Å². The van der Waals surface area contributed by atoms with Crippen molar-refractivity contribution in [3.8, 4) is 0 Å². The quantitative estimate of drug-likeness (QED) is 0.876. The standard InChI is InChI=1S/C16H20N2O4S/c1-16(2)21-9-10(22-16)8-17-14(19)7-13-15(20)18-11-5-3-4-6-12(11)23-13/h3-6,10,13H,7-9H2,1-2H3,(H,17,19)(H,18,20)/t10-,13+/m1/s1. The van der Waals surface area contributed by atoms with E-state index < -0.39 is 11.0 Å². The number of anilines is 1. The van der Waals surface area contributed by atoms with E-state index >= 15 is 0 Å². The molecule has 7 heteroatoms. The summed E-state index contributed by atoms with van der Waals surface area (Å²) in [6.07, 6.45) is -0.00977. The average molecular weight is 336 g/mol. The first-order chi connectivity index (χ1) is 10.9. The van der Waals surface area contributed by atoms with Crippen molar-refractivity contribution in [2.45, 2.75) is 42.3 Å². The van der Waals surface area contributed by atoms with Gasteiger partial charge in [0.15, 0.2) is 5.79 Å². The topological polar surface area (TPSA) is 76.7 Å². The highest BCUT2D eigenvalue weighted by atomic mass is 32.2. The second-order valence-electron chi connectivity index (χ2n) is 6.05. The summed E-state index contributed by atoms with van der Waals surface area (Å²) in [5, 5.41) is 5.24. The predicted molar refractivity (Wildman–Crippen MR) is 87.2 cm³/mol.